The molecule has 0 saturated carbocycles. The third-order valence-electron chi connectivity index (χ3n) is 6.71. The molecule has 3 rings (SSSR count). The summed E-state index contributed by atoms with van der Waals surface area (Å²) in [5, 5.41) is 3.19. The van der Waals surface area contributed by atoms with Crippen molar-refractivity contribution in [2.45, 2.75) is 57.6 Å². The fourth-order valence-electron chi connectivity index (χ4n) is 4.09. The number of methoxy groups -OCH3 is 1. The van der Waals surface area contributed by atoms with E-state index in [9.17, 15) is 18.0 Å². The Labute approximate surface area is 255 Å². The Bertz CT molecular complexity index is 1480. The van der Waals surface area contributed by atoms with Crippen molar-refractivity contribution < 1.29 is 22.7 Å². The van der Waals surface area contributed by atoms with E-state index in [2.05, 4.69) is 21.2 Å². The van der Waals surface area contributed by atoms with Gasteiger partial charge in [-0.2, -0.15) is 0 Å². The molecule has 0 aliphatic rings. The molecule has 0 unspecified atom stereocenters. The van der Waals surface area contributed by atoms with Crippen LogP contribution in [0.25, 0.3) is 0 Å². The number of nitrogens with one attached hydrogen (secondary N) is 1. The number of carbonyl (C=O) groups is 2. The maximum Gasteiger partial charge on any atom is 0.264 e. The molecule has 11 heteroatoms. The molecule has 8 nitrogen and oxygen atoms in total. The fourth-order valence-corrected chi connectivity index (χ4v) is 6.12. The zero-order valence-electron chi connectivity index (χ0n) is 23.7. The van der Waals surface area contributed by atoms with E-state index in [4.69, 9.17) is 16.3 Å². The molecule has 2 atom stereocenters. The lowest BCUT2D eigenvalue weighted by Gasteiger charge is -2.33. The number of hydrogen-bond donors (Lipinski definition) is 1. The van der Waals surface area contributed by atoms with Crippen molar-refractivity contribution >= 4 is 55.1 Å². The van der Waals surface area contributed by atoms with Gasteiger partial charge in [-0.25, -0.2) is 8.42 Å². The molecule has 0 aliphatic carbocycles. The molecule has 220 valence electrons. The maximum atomic E-state index is 14.1. The number of rotatable bonds is 12. The lowest BCUT2D eigenvalue weighted by molar-refractivity contribution is -0.139. The molecule has 1 N–H and O–H groups in total. The van der Waals surface area contributed by atoms with Crippen molar-refractivity contribution in [1.82, 2.24) is 10.2 Å². The minimum absolute atomic E-state index is 0.000898. The monoisotopic (exact) mass is 663 g/mol. The number of ether oxygens (including phenoxy) is 1. The van der Waals surface area contributed by atoms with Gasteiger partial charge in [0.1, 0.15) is 18.3 Å². The van der Waals surface area contributed by atoms with Crippen LogP contribution >= 0.6 is 27.5 Å². The van der Waals surface area contributed by atoms with Gasteiger partial charge in [0.2, 0.25) is 11.8 Å². The molecule has 0 bridgehead atoms. The molecule has 0 spiro atoms. The second kappa shape index (κ2) is 14.2. The highest BCUT2D eigenvalue weighted by Crippen LogP contribution is 2.35. The van der Waals surface area contributed by atoms with E-state index >= 15 is 0 Å². The van der Waals surface area contributed by atoms with Crippen LogP contribution in [0.5, 0.6) is 5.75 Å². The number of nitrogens with zero attached hydrogens (tertiary/aromatic N) is 2. The number of amides is 2. The Balaban J connectivity index is 2.10. The molecule has 0 fully saturated rings. The molecular weight excluding hydrogens is 630 g/mol. The maximum absolute atomic E-state index is 14.1. The average molecular weight is 665 g/mol. The van der Waals surface area contributed by atoms with Crippen molar-refractivity contribution in [2.24, 2.45) is 0 Å². The van der Waals surface area contributed by atoms with Crippen LogP contribution in [0.3, 0.4) is 0 Å². The van der Waals surface area contributed by atoms with Gasteiger partial charge in [0.15, 0.2) is 0 Å². The summed E-state index contributed by atoms with van der Waals surface area (Å²) in [5.74, 6) is -0.690. The molecule has 2 amide bonds. The van der Waals surface area contributed by atoms with Crippen LogP contribution in [0.15, 0.2) is 76.1 Å². The largest absolute Gasteiger partial charge is 0.495 e. The van der Waals surface area contributed by atoms with Crippen molar-refractivity contribution in [3.05, 3.63) is 87.4 Å². The van der Waals surface area contributed by atoms with Gasteiger partial charge < -0.3 is 15.0 Å². The average Bonchev–Trinajstić information content (AvgIpc) is 2.94. The third-order valence-corrected chi connectivity index (χ3v) is 9.21. The van der Waals surface area contributed by atoms with Crippen molar-refractivity contribution in [3.63, 3.8) is 0 Å². The summed E-state index contributed by atoms with van der Waals surface area (Å²) in [6, 6.07) is 17.3. The van der Waals surface area contributed by atoms with Gasteiger partial charge in [-0.1, -0.05) is 64.3 Å². The van der Waals surface area contributed by atoms with Crippen molar-refractivity contribution in [3.8, 4) is 5.75 Å². The van der Waals surface area contributed by atoms with E-state index in [1.165, 1.54) is 30.2 Å². The zero-order valence-corrected chi connectivity index (χ0v) is 26.9. The Morgan fingerprint density at radius 2 is 1.73 bits per heavy atom. The molecule has 3 aromatic rings. The van der Waals surface area contributed by atoms with E-state index in [1.807, 2.05) is 45.0 Å². The summed E-state index contributed by atoms with van der Waals surface area (Å²) < 4.78 is 35.3. The minimum atomic E-state index is -4.26. The SMILES string of the molecule is CC[C@H](C)NC(=O)[C@H](C)N(Cc1cccc(Br)c1)C(=O)CN(c1cc(Cl)ccc1OC)S(=O)(=O)c1ccc(C)cc1. The van der Waals surface area contributed by atoms with Gasteiger partial charge in [-0.3, -0.25) is 13.9 Å². The molecule has 0 aromatic heterocycles. The number of halogens is 2. The standard InChI is InChI=1S/C30H35BrClN3O5S/c1-6-21(3)33-30(37)22(4)34(18-23-8-7-9-24(31)16-23)29(36)19-35(27-17-25(32)12-15-28(27)40-5)41(38,39)26-13-10-20(2)11-14-26/h7-17,21-22H,6,18-19H2,1-5H3,(H,33,37)/t21-,22-/m0/s1. The first-order valence-corrected chi connectivity index (χ1v) is 15.8. The highest BCUT2D eigenvalue weighted by atomic mass is 79.9. The summed E-state index contributed by atoms with van der Waals surface area (Å²) in [6.07, 6.45) is 0.717. The molecule has 3 aromatic carbocycles. The van der Waals surface area contributed by atoms with Crippen LogP contribution in [0.4, 0.5) is 5.69 Å². The predicted molar refractivity (Wildman–Crippen MR) is 166 cm³/mol. The second-order valence-electron chi connectivity index (χ2n) is 9.79. The number of carbonyl (C=O) groups excluding carboxylic acids is 2. The summed E-state index contributed by atoms with van der Waals surface area (Å²) >= 11 is 9.73. The summed E-state index contributed by atoms with van der Waals surface area (Å²) in [5.41, 5.74) is 1.76. The summed E-state index contributed by atoms with van der Waals surface area (Å²) in [4.78, 5) is 28.7. The van der Waals surface area contributed by atoms with Crippen LogP contribution in [0, 0.1) is 6.92 Å². The summed E-state index contributed by atoms with van der Waals surface area (Å²) in [7, 11) is -2.85. The molecule has 0 heterocycles. The quantitative estimate of drug-likeness (QED) is 0.258. The van der Waals surface area contributed by atoms with Gasteiger partial charge in [0.05, 0.1) is 17.7 Å². The van der Waals surface area contributed by atoms with E-state index < -0.39 is 28.5 Å². The first-order valence-electron chi connectivity index (χ1n) is 13.1. The first kappa shape index (κ1) is 32.4. The zero-order chi connectivity index (χ0) is 30.3. The third kappa shape index (κ3) is 8.24. The van der Waals surface area contributed by atoms with Gasteiger partial charge in [0, 0.05) is 22.1 Å². The Hall–Kier alpha value is -3.08. The fraction of sp³-hybridized carbons (Fsp3) is 0.333. The van der Waals surface area contributed by atoms with E-state index in [0.29, 0.717) is 0 Å². The Kier molecular flexibility index (Phi) is 11.2. The molecule has 0 aliphatic heterocycles. The number of sulfonamides is 1. The smallest absolute Gasteiger partial charge is 0.264 e. The molecule has 0 saturated heterocycles. The van der Waals surface area contributed by atoms with E-state index in [1.54, 1.807) is 31.2 Å². The number of anilines is 1. The van der Waals surface area contributed by atoms with Gasteiger partial charge in [0.25, 0.3) is 10.0 Å². The van der Waals surface area contributed by atoms with Gasteiger partial charge in [-0.05, 0) is 75.2 Å². The van der Waals surface area contributed by atoms with Crippen LogP contribution in [-0.4, -0.2) is 50.9 Å². The summed E-state index contributed by atoms with van der Waals surface area (Å²) in [6.45, 7) is 6.80. The van der Waals surface area contributed by atoms with Gasteiger partial charge in [-0.15, -0.1) is 0 Å². The number of hydrogen-bond acceptors (Lipinski definition) is 5. The Morgan fingerprint density at radius 1 is 1.05 bits per heavy atom. The van der Waals surface area contributed by atoms with Crippen LogP contribution < -0.4 is 14.4 Å². The predicted octanol–water partition coefficient (Wildman–Crippen LogP) is 5.95. The second-order valence-corrected chi connectivity index (χ2v) is 13.0. The van der Waals surface area contributed by atoms with E-state index in [0.717, 1.165) is 26.3 Å². The first-order chi connectivity index (χ1) is 19.4. The van der Waals surface area contributed by atoms with Crippen LogP contribution in [0.1, 0.15) is 38.3 Å². The van der Waals surface area contributed by atoms with Crippen LogP contribution in [-0.2, 0) is 26.2 Å². The highest BCUT2D eigenvalue weighted by Gasteiger charge is 2.34. The minimum Gasteiger partial charge on any atom is -0.495 e. The van der Waals surface area contributed by atoms with E-state index in [-0.39, 0.29) is 39.8 Å². The number of benzene rings is 3. The Morgan fingerprint density at radius 3 is 2.34 bits per heavy atom. The highest BCUT2D eigenvalue weighted by molar-refractivity contribution is 9.10. The van der Waals surface area contributed by atoms with Crippen molar-refractivity contribution in [2.75, 3.05) is 18.0 Å². The lowest BCUT2D eigenvalue weighted by Crippen LogP contribution is -2.52. The molecule has 0 radical (unpaired) electrons. The lowest BCUT2D eigenvalue weighted by atomic mass is 10.1. The van der Waals surface area contributed by atoms with Gasteiger partial charge >= 0.3 is 0 Å². The molecular formula is C30H35BrClN3O5S. The van der Waals surface area contributed by atoms with Crippen LogP contribution in [0.2, 0.25) is 5.02 Å². The van der Waals surface area contributed by atoms with Crippen molar-refractivity contribution in [1.29, 1.82) is 0 Å². The topological polar surface area (TPSA) is 96.0 Å². The molecule has 41 heavy (non-hydrogen) atoms. The normalized spacial score (nSPS) is 12.8. The number of aryl methyl sites for hydroxylation is 1.